The molecule has 0 aliphatic carbocycles. The molecule has 0 radical (unpaired) electrons. The van der Waals surface area contributed by atoms with Crippen LogP contribution in [0.2, 0.25) is 5.02 Å². The van der Waals surface area contributed by atoms with Crippen molar-refractivity contribution in [3.63, 3.8) is 0 Å². The van der Waals surface area contributed by atoms with Gasteiger partial charge >= 0.3 is 0 Å². The molecule has 1 aromatic heterocycles. The van der Waals surface area contributed by atoms with Gasteiger partial charge in [0, 0.05) is 24.3 Å². The summed E-state index contributed by atoms with van der Waals surface area (Å²) in [7, 11) is -4.02. The minimum absolute atomic E-state index is 0.149. The number of pyridine rings is 1. The van der Waals surface area contributed by atoms with Gasteiger partial charge in [0.15, 0.2) is 0 Å². The molecule has 0 unspecified atom stereocenters. The summed E-state index contributed by atoms with van der Waals surface area (Å²) in [6.45, 7) is 4.23. The summed E-state index contributed by atoms with van der Waals surface area (Å²) in [4.78, 5) is 27.6. The molecule has 1 heterocycles. The molecule has 10 heteroatoms. The van der Waals surface area contributed by atoms with Crippen LogP contribution >= 0.6 is 11.6 Å². The zero-order valence-electron chi connectivity index (χ0n) is 17.5. The van der Waals surface area contributed by atoms with Crippen LogP contribution in [0.3, 0.4) is 0 Å². The highest BCUT2D eigenvalue weighted by molar-refractivity contribution is 7.89. The largest absolute Gasteiger partial charge is 0.358 e. The summed E-state index contributed by atoms with van der Waals surface area (Å²) in [5, 5.41) is 2.94. The quantitative estimate of drug-likeness (QED) is 0.459. The van der Waals surface area contributed by atoms with Gasteiger partial charge in [-0.25, -0.2) is 17.5 Å². The summed E-state index contributed by atoms with van der Waals surface area (Å²) in [6, 6.07) is 8.72. The van der Waals surface area contributed by atoms with Gasteiger partial charge in [-0.3, -0.25) is 9.59 Å². The highest BCUT2D eigenvalue weighted by Crippen LogP contribution is 2.20. The summed E-state index contributed by atoms with van der Waals surface area (Å²) in [5.74, 6) is -1.30. The summed E-state index contributed by atoms with van der Waals surface area (Å²) >= 11 is 5.84. The van der Waals surface area contributed by atoms with Gasteiger partial charge in [-0.2, -0.15) is 0 Å². The normalized spacial score (nSPS) is 11.8. The van der Waals surface area contributed by atoms with E-state index in [0.717, 1.165) is 23.9 Å². The van der Waals surface area contributed by atoms with Crippen molar-refractivity contribution in [3.05, 3.63) is 74.8 Å². The molecule has 0 aliphatic rings. The zero-order chi connectivity index (χ0) is 23.5. The van der Waals surface area contributed by atoms with Crippen molar-refractivity contribution in [2.45, 2.75) is 31.7 Å². The van der Waals surface area contributed by atoms with Crippen LogP contribution in [0.5, 0.6) is 0 Å². The summed E-state index contributed by atoms with van der Waals surface area (Å²) in [6.07, 6.45) is 1.72. The SMILES string of the molecule is CC(C)CCNS(=O)(=O)c1cc(F)c2[nH]cc(C(=O)NCc3ccc(Cl)cc3)c(=O)c2c1. The number of nitrogens with one attached hydrogen (secondary N) is 3. The third-order valence-electron chi connectivity index (χ3n) is 4.85. The molecule has 32 heavy (non-hydrogen) atoms. The first kappa shape index (κ1) is 23.9. The molecule has 0 aliphatic heterocycles. The van der Waals surface area contributed by atoms with Gasteiger partial charge in [0.2, 0.25) is 15.5 Å². The Morgan fingerprint density at radius 2 is 1.88 bits per heavy atom. The van der Waals surface area contributed by atoms with Crippen molar-refractivity contribution in [1.82, 2.24) is 15.0 Å². The lowest BCUT2D eigenvalue weighted by Gasteiger charge is -2.10. The number of H-pyrrole nitrogens is 1. The van der Waals surface area contributed by atoms with Crippen LogP contribution in [0.1, 0.15) is 36.2 Å². The number of sulfonamides is 1. The molecule has 0 spiro atoms. The Morgan fingerprint density at radius 1 is 1.19 bits per heavy atom. The van der Waals surface area contributed by atoms with Gasteiger partial charge in [-0.05, 0) is 42.2 Å². The van der Waals surface area contributed by atoms with E-state index in [4.69, 9.17) is 11.6 Å². The first-order chi connectivity index (χ1) is 15.1. The molecule has 0 saturated carbocycles. The Balaban J connectivity index is 1.90. The second-order valence-corrected chi connectivity index (χ2v) is 9.95. The van der Waals surface area contributed by atoms with E-state index in [0.29, 0.717) is 11.4 Å². The number of amides is 1. The van der Waals surface area contributed by atoms with Gasteiger partial charge in [-0.1, -0.05) is 37.6 Å². The molecular weight excluding hydrogens is 457 g/mol. The van der Waals surface area contributed by atoms with Gasteiger partial charge in [0.05, 0.1) is 15.8 Å². The Bertz CT molecular complexity index is 1310. The summed E-state index contributed by atoms with van der Waals surface area (Å²) < 4.78 is 42.1. The van der Waals surface area contributed by atoms with Gasteiger partial charge < -0.3 is 10.3 Å². The van der Waals surface area contributed by atoms with E-state index >= 15 is 0 Å². The van der Waals surface area contributed by atoms with Crippen molar-refractivity contribution in [1.29, 1.82) is 0 Å². The molecule has 3 rings (SSSR count). The van der Waals surface area contributed by atoms with Crippen LogP contribution in [-0.2, 0) is 16.6 Å². The first-order valence-corrected chi connectivity index (χ1v) is 11.8. The van der Waals surface area contributed by atoms with Crippen molar-refractivity contribution in [2.24, 2.45) is 5.92 Å². The van der Waals surface area contributed by atoms with Gasteiger partial charge in [0.25, 0.3) is 5.91 Å². The molecular formula is C22H23ClFN3O4S. The van der Waals surface area contributed by atoms with Crippen LogP contribution in [0.4, 0.5) is 4.39 Å². The molecule has 3 N–H and O–H groups in total. The third kappa shape index (κ3) is 5.53. The van der Waals surface area contributed by atoms with E-state index in [-0.39, 0.29) is 40.4 Å². The van der Waals surface area contributed by atoms with Crippen LogP contribution in [-0.4, -0.2) is 25.9 Å². The number of aromatic amines is 1. The minimum Gasteiger partial charge on any atom is -0.358 e. The topological polar surface area (TPSA) is 108 Å². The maximum atomic E-state index is 14.6. The van der Waals surface area contributed by atoms with Crippen LogP contribution < -0.4 is 15.5 Å². The number of rotatable bonds is 8. The Kier molecular flexibility index (Phi) is 7.33. The maximum Gasteiger partial charge on any atom is 0.257 e. The fourth-order valence-corrected chi connectivity index (χ4v) is 4.24. The highest BCUT2D eigenvalue weighted by Gasteiger charge is 2.20. The van der Waals surface area contributed by atoms with E-state index in [2.05, 4.69) is 15.0 Å². The standard InChI is InChI=1S/C22H23ClFN3O4S/c1-13(2)7-8-27-32(30,31)16-9-17-20(19(24)10-16)25-12-18(21(17)28)22(29)26-11-14-3-5-15(23)6-4-14/h3-6,9-10,12-13,27H,7-8,11H2,1-2H3,(H,25,28)(H,26,29). The molecule has 7 nitrogen and oxygen atoms in total. The van der Waals surface area contributed by atoms with Crippen LogP contribution in [0, 0.1) is 11.7 Å². The van der Waals surface area contributed by atoms with Crippen molar-refractivity contribution in [2.75, 3.05) is 6.54 Å². The molecule has 0 bridgehead atoms. The average Bonchev–Trinajstić information content (AvgIpc) is 2.73. The number of hydrogen-bond acceptors (Lipinski definition) is 4. The molecule has 0 saturated heterocycles. The van der Waals surface area contributed by atoms with Crippen molar-refractivity contribution >= 4 is 38.4 Å². The Hall–Kier alpha value is -2.75. The van der Waals surface area contributed by atoms with E-state index in [1.165, 1.54) is 0 Å². The van der Waals surface area contributed by atoms with Gasteiger partial charge in [0.1, 0.15) is 11.4 Å². The van der Waals surface area contributed by atoms with E-state index in [9.17, 15) is 22.4 Å². The fraction of sp³-hybridized carbons (Fsp3) is 0.273. The number of hydrogen-bond donors (Lipinski definition) is 3. The maximum absolute atomic E-state index is 14.6. The predicted molar refractivity (Wildman–Crippen MR) is 122 cm³/mol. The third-order valence-corrected chi connectivity index (χ3v) is 6.54. The number of fused-ring (bicyclic) bond motifs is 1. The van der Waals surface area contributed by atoms with Crippen LogP contribution in [0.25, 0.3) is 10.9 Å². The number of aromatic nitrogens is 1. The first-order valence-electron chi connectivity index (χ1n) is 9.95. The highest BCUT2D eigenvalue weighted by atomic mass is 35.5. The number of carbonyl (C=O) groups excluding carboxylic acids is 1. The van der Waals surface area contributed by atoms with Crippen molar-refractivity contribution in [3.8, 4) is 0 Å². The van der Waals surface area contributed by atoms with E-state index in [1.807, 2.05) is 13.8 Å². The second-order valence-electron chi connectivity index (χ2n) is 7.75. The van der Waals surface area contributed by atoms with Crippen molar-refractivity contribution < 1.29 is 17.6 Å². The molecule has 0 fully saturated rings. The molecule has 3 aromatic rings. The predicted octanol–water partition coefficient (Wildman–Crippen LogP) is 3.58. The molecule has 1 amide bonds. The second kappa shape index (κ2) is 9.81. The minimum atomic E-state index is -4.02. The van der Waals surface area contributed by atoms with E-state index < -0.39 is 27.2 Å². The Labute approximate surface area is 190 Å². The Morgan fingerprint density at radius 3 is 2.53 bits per heavy atom. The van der Waals surface area contributed by atoms with Gasteiger partial charge in [-0.15, -0.1) is 0 Å². The monoisotopic (exact) mass is 479 g/mol. The molecule has 170 valence electrons. The molecule has 0 atom stereocenters. The zero-order valence-corrected chi connectivity index (χ0v) is 19.1. The lowest BCUT2D eigenvalue weighted by atomic mass is 10.1. The van der Waals surface area contributed by atoms with Crippen LogP contribution in [0.15, 0.2) is 52.3 Å². The lowest BCUT2D eigenvalue weighted by molar-refractivity contribution is 0.0949. The molecule has 2 aromatic carbocycles. The average molecular weight is 480 g/mol. The fourth-order valence-electron chi connectivity index (χ4n) is 3.03. The lowest BCUT2D eigenvalue weighted by Crippen LogP contribution is -2.29. The number of carbonyl (C=O) groups is 1. The summed E-state index contributed by atoms with van der Waals surface area (Å²) in [5.41, 5.74) is -0.434. The smallest absolute Gasteiger partial charge is 0.257 e. The number of benzene rings is 2. The van der Waals surface area contributed by atoms with E-state index in [1.54, 1.807) is 24.3 Å². The number of halogens is 2.